The van der Waals surface area contributed by atoms with Crippen LogP contribution in [0.15, 0.2) is 152 Å². The summed E-state index contributed by atoms with van der Waals surface area (Å²) in [6, 6.07) is 54.5. The van der Waals surface area contributed by atoms with Crippen LogP contribution in [0.1, 0.15) is 0 Å². The fourth-order valence-corrected chi connectivity index (χ4v) is 9.07. The second-order valence-corrected chi connectivity index (χ2v) is 13.6. The zero-order valence-electron chi connectivity index (χ0n) is 25.7. The number of fused-ring (bicyclic) bond motifs is 9. The molecule has 0 saturated heterocycles. The molecule has 0 N–H and O–H groups in total. The van der Waals surface area contributed by atoms with Gasteiger partial charge in [-0.15, -0.1) is 11.3 Å². The first-order chi connectivity index (χ1) is 23.8. The highest BCUT2D eigenvalue weighted by Crippen LogP contribution is 2.55. The van der Waals surface area contributed by atoms with Gasteiger partial charge in [0.05, 0.1) is 22.2 Å². The van der Waals surface area contributed by atoms with Crippen molar-refractivity contribution in [3.63, 3.8) is 0 Å². The second-order valence-electron chi connectivity index (χ2n) is 12.6. The lowest BCUT2D eigenvalue weighted by molar-refractivity contribution is 1.01. The summed E-state index contributed by atoms with van der Waals surface area (Å²) in [7, 11) is 0. The summed E-state index contributed by atoms with van der Waals surface area (Å²) in [6.45, 7) is 0. The van der Waals surface area contributed by atoms with Crippen LogP contribution in [-0.2, 0) is 0 Å². The van der Waals surface area contributed by atoms with Gasteiger partial charge in [0.15, 0.2) is 0 Å². The summed E-state index contributed by atoms with van der Waals surface area (Å²) in [5, 5.41) is 7.43. The average Bonchev–Trinajstić information content (AvgIpc) is 3.80. The van der Waals surface area contributed by atoms with Gasteiger partial charge in [-0.1, -0.05) is 109 Å². The Hall–Kier alpha value is -6.10. The highest BCUT2D eigenvalue weighted by atomic mass is 32.1. The molecule has 1 aliphatic carbocycles. The monoisotopic (exact) mass is 627 g/mol. The van der Waals surface area contributed by atoms with E-state index in [0.717, 1.165) is 33.2 Å². The summed E-state index contributed by atoms with van der Waals surface area (Å²) < 4.78 is 3.57. The molecular weight excluding hydrogens is 603 g/mol. The van der Waals surface area contributed by atoms with Gasteiger partial charge in [0, 0.05) is 47.8 Å². The van der Waals surface area contributed by atoms with E-state index in [-0.39, 0.29) is 0 Å². The molecule has 1 aliphatic rings. The highest BCUT2D eigenvalue weighted by Gasteiger charge is 2.27. The summed E-state index contributed by atoms with van der Waals surface area (Å²) >= 11 is 1.91. The number of rotatable bonds is 3. The minimum absolute atomic E-state index is 0.676. The molecule has 0 aliphatic heterocycles. The van der Waals surface area contributed by atoms with E-state index in [1.165, 1.54) is 64.3 Å². The van der Waals surface area contributed by atoms with Crippen molar-refractivity contribution in [2.24, 2.45) is 0 Å². The molecule has 222 valence electrons. The number of hydrogen-bond donors (Lipinski definition) is 0. The van der Waals surface area contributed by atoms with Crippen molar-refractivity contribution >= 4 is 64.9 Å². The van der Waals surface area contributed by atoms with Crippen LogP contribution in [0.2, 0.25) is 0 Å². The Morgan fingerprint density at radius 1 is 0.479 bits per heavy atom. The van der Waals surface area contributed by atoms with Crippen LogP contribution >= 0.6 is 11.3 Å². The fourth-order valence-electron chi connectivity index (χ4n) is 7.83. The van der Waals surface area contributed by atoms with Gasteiger partial charge < -0.3 is 0 Å². The normalized spacial score (nSPS) is 12.2. The smallest absolute Gasteiger partial charge is 0.235 e. The van der Waals surface area contributed by atoms with E-state index in [1.807, 2.05) is 23.5 Å². The number of hydrogen-bond acceptors (Lipinski definition) is 3. The lowest BCUT2D eigenvalue weighted by Crippen LogP contribution is -2.03. The molecule has 10 aromatic rings. The van der Waals surface area contributed by atoms with Crippen LogP contribution in [0.25, 0.3) is 103 Å². The van der Waals surface area contributed by atoms with Crippen LogP contribution < -0.4 is 0 Å². The van der Waals surface area contributed by atoms with Crippen LogP contribution in [0.3, 0.4) is 0 Å². The van der Waals surface area contributed by atoms with Crippen molar-refractivity contribution in [2.75, 3.05) is 0 Å². The zero-order valence-corrected chi connectivity index (χ0v) is 26.5. The minimum Gasteiger partial charge on any atom is -0.278 e. The summed E-state index contributed by atoms with van der Waals surface area (Å²) in [6.07, 6.45) is 0. The maximum absolute atomic E-state index is 5.25. The zero-order chi connectivity index (χ0) is 31.3. The highest BCUT2D eigenvalue weighted by molar-refractivity contribution is 7.23. The molecule has 11 rings (SSSR count). The number of thiophene rings is 1. The van der Waals surface area contributed by atoms with Gasteiger partial charge in [0.25, 0.3) is 0 Å². The molecule has 48 heavy (non-hydrogen) atoms. The molecule has 3 aromatic heterocycles. The van der Waals surface area contributed by atoms with Crippen molar-refractivity contribution in [1.29, 1.82) is 0 Å². The van der Waals surface area contributed by atoms with E-state index in [1.54, 1.807) is 0 Å². The number of nitrogens with zero attached hydrogens (tertiary/aromatic N) is 3. The van der Waals surface area contributed by atoms with Crippen molar-refractivity contribution in [2.45, 2.75) is 0 Å². The minimum atomic E-state index is 0.676. The lowest BCUT2D eigenvalue weighted by Gasteiger charge is -2.12. The largest absolute Gasteiger partial charge is 0.278 e. The van der Waals surface area contributed by atoms with Gasteiger partial charge in [0.1, 0.15) is 0 Å². The van der Waals surface area contributed by atoms with Crippen LogP contribution in [0, 0.1) is 0 Å². The predicted octanol–water partition coefficient (Wildman–Crippen LogP) is 12.1. The Labute approximate surface area is 280 Å². The molecule has 0 spiro atoms. The topological polar surface area (TPSA) is 30.7 Å². The van der Waals surface area contributed by atoms with Gasteiger partial charge in [-0.3, -0.25) is 4.57 Å². The first kappa shape index (κ1) is 26.0. The van der Waals surface area contributed by atoms with Crippen molar-refractivity contribution in [3.8, 4) is 49.9 Å². The van der Waals surface area contributed by atoms with E-state index in [0.29, 0.717) is 5.95 Å². The SMILES string of the molecule is c1ccc(-c2nc(-n3c4ccccc4c4cc(-c5cc6c7c(cccc7c5)-c5c-6sc6ccccc56)ccc43)nc3ccccc23)cc1. The van der Waals surface area contributed by atoms with E-state index >= 15 is 0 Å². The van der Waals surface area contributed by atoms with Gasteiger partial charge in [0.2, 0.25) is 5.95 Å². The Morgan fingerprint density at radius 3 is 2.17 bits per heavy atom. The van der Waals surface area contributed by atoms with Crippen LogP contribution in [0.4, 0.5) is 0 Å². The Balaban J connectivity index is 1.14. The van der Waals surface area contributed by atoms with Crippen molar-refractivity contribution in [3.05, 3.63) is 152 Å². The summed E-state index contributed by atoms with van der Waals surface area (Å²) in [5.74, 6) is 0.676. The Bertz CT molecular complexity index is 2950. The van der Waals surface area contributed by atoms with Gasteiger partial charge in [-0.2, -0.15) is 0 Å². The van der Waals surface area contributed by atoms with E-state index in [4.69, 9.17) is 9.97 Å². The second kappa shape index (κ2) is 9.71. The third kappa shape index (κ3) is 3.58. The molecule has 3 nitrogen and oxygen atoms in total. The Morgan fingerprint density at radius 2 is 1.25 bits per heavy atom. The first-order valence-corrected chi connectivity index (χ1v) is 17.1. The maximum atomic E-state index is 5.25. The molecule has 0 unspecified atom stereocenters. The first-order valence-electron chi connectivity index (χ1n) is 16.3. The fraction of sp³-hybridized carbons (Fsp3) is 0. The molecule has 0 radical (unpaired) electrons. The van der Waals surface area contributed by atoms with Crippen molar-refractivity contribution < 1.29 is 0 Å². The van der Waals surface area contributed by atoms with Crippen LogP contribution in [0.5, 0.6) is 0 Å². The quantitative estimate of drug-likeness (QED) is 0.195. The molecule has 0 bridgehead atoms. The third-order valence-electron chi connectivity index (χ3n) is 9.93. The lowest BCUT2D eigenvalue weighted by atomic mass is 9.96. The summed E-state index contributed by atoms with van der Waals surface area (Å²) in [4.78, 5) is 11.8. The van der Waals surface area contributed by atoms with Crippen LogP contribution in [-0.4, -0.2) is 14.5 Å². The van der Waals surface area contributed by atoms with Gasteiger partial charge in [-0.05, 0) is 69.9 Å². The van der Waals surface area contributed by atoms with E-state index < -0.39 is 0 Å². The number of benzene rings is 7. The molecule has 0 amide bonds. The number of aromatic nitrogens is 3. The number of para-hydroxylation sites is 2. The summed E-state index contributed by atoms with van der Waals surface area (Å²) in [5.41, 5.74) is 11.6. The van der Waals surface area contributed by atoms with E-state index in [2.05, 4.69) is 144 Å². The van der Waals surface area contributed by atoms with Gasteiger partial charge >= 0.3 is 0 Å². The van der Waals surface area contributed by atoms with Gasteiger partial charge in [-0.25, -0.2) is 9.97 Å². The predicted molar refractivity (Wildman–Crippen MR) is 202 cm³/mol. The molecule has 0 saturated carbocycles. The average molecular weight is 628 g/mol. The molecule has 3 heterocycles. The molecule has 0 atom stereocenters. The van der Waals surface area contributed by atoms with E-state index in [9.17, 15) is 0 Å². The van der Waals surface area contributed by atoms with Crippen molar-refractivity contribution in [1.82, 2.24) is 14.5 Å². The molecular formula is C44H25N3S. The molecule has 7 aromatic carbocycles. The molecule has 0 fully saturated rings. The third-order valence-corrected chi connectivity index (χ3v) is 11.1. The Kier molecular flexibility index (Phi) is 5.26. The maximum Gasteiger partial charge on any atom is 0.235 e. The standard InChI is InChI=1S/C44H25N3S/c1-2-11-26(12-3-1)42-31-15-4-7-18-36(31)45-44(46-42)47-37-19-8-5-14-30(37)34-24-27(21-22-38(34)47)29-23-28-13-10-17-33-40(28)35(25-29)43-41(33)32-16-6-9-20-39(32)48-43/h1-25H. The molecule has 4 heteroatoms.